The van der Waals surface area contributed by atoms with Gasteiger partial charge in [0.15, 0.2) is 0 Å². The topological polar surface area (TPSA) is 66.4 Å². The molecule has 0 aromatic heterocycles. The fourth-order valence-corrected chi connectivity index (χ4v) is 0.406. The fraction of sp³-hybridized carbons (Fsp3) is 0.429. The number of hydrogen-bond donors (Lipinski definition) is 2. The number of nitrogens with one attached hydrogen (secondary N) is 1. The minimum absolute atomic E-state index is 0.00759. The Balaban J connectivity index is 3.63. The van der Waals surface area contributed by atoms with Gasteiger partial charge >= 0.3 is 5.97 Å². The minimum atomic E-state index is -1.08. The van der Waals surface area contributed by atoms with Crippen molar-refractivity contribution >= 4 is 11.9 Å². The maximum atomic E-state index is 10.6. The highest BCUT2D eigenvalue weighted by Crippen LogP contribution is 1.86. The molecule has 0 spiro atoms. The quantitative estimate of drug-likeness (QED) is 0.571. The second-order valence-corrected chi connectivity index (χ2v) is 2.04. The van der Waals surface area contributed by atoms with Gasteiger partial charge in [0, 0.05) is 18.5 Å². The van der Waals surface area contributed by atoms with Gasteiger partial charge in [0.05, 0.1) is 0 Å². The normalized spacial score (nSPS) is 8.82. The van der Waals surface area contributed by atoms with Crippen LogP contribution in [0.25, 0.3) is 0 Å². The molecule has 0 rings (SSSR count). The van der Waals surface area contributed by atoms with Crippen LogP contribution in [0.15, 0.2) is 12.2 Å². The first kappa shape index (κ1) is 9.68. The Labute approximate surface area is 64.9 Å². The molecule has 0 saturated carbocycles. The van der Waals surface area contributed by atoms with Crippen molar-refractivity contribution < 1.29 is 14.7 Å². The number of hydrogen-bond acceptors (Lipinski definition) is 2. The number of carbonyl (C=O) groups is 2. The molecule has 0 saturated heterocycles. The predicted molar refractivity (Wildman–Crippen MR) is 40.1 cm³/mol. The molecule has 62 valence electrons. The van der Waals surface area contributed by atoms with Gasteiger partial charge < -0.3 is 10.4 Å². The number of carbonyl (C=O) groups excluding carboxylic acids is 1. The maximum Gasteiger partial charge on any atom is 0.332 e. The molecule has 0 atom stereocenters. The van der Waals surface area contributed by atoms with Crippen LogP contribution in [0.2, 0.25) is 0 Å². The lowest BCUT2D eigenvalue weighted by atomic mass is 10.3. The van der Waals surface area contributed by atoms with Gasteiger partial charge in [0.25, 0.3) is 0 Å². The summed E-state index contributed by atoms with van der Waals surface area (Å²) in [6.45, 7) is 4.96. The van der Waals surface area contributed by atoms with E-state index in [0.717, 1.165) is 0 Å². The van der Waals surface area contributed by atoms with Crippen molar-refractivity contribution in [3.8, 4) is 0 Å². The Kier molecular flexibility index (Phi) is 3.95. The van der Waals surface area contributed by atoms with Crippen LogP contribution in [-0.2, 0) is 9.59 Å². The van der Waals surface area contributed by atoms with Gasteiger partial charge in [-0.3, -0.25) is 4.79 Å². The lowest BCUT2D eigenvalue weighted by Gasteiger charge is -2.01. The van der Waals surface area contributed by atoms with Crippen LogP contribution >= 0.6 is 0 Å². The van der Waals surface area contributed by atoms with E-state index < -0.39 is 5.97 Å². The van der Waals surface area contributed by atoms with Gasteiger partial charge in [0.2, 0.25) is 5.91 Å². The molecule has 4 heteroatoms. The summed E-state index contributed by atoms with van der Waals surface area (Å²) in [4.78, 5) is 20.7. The molecule has 11 heavy (non-hydrogen) atoms. The van der Waals surface area contributed by atoms with E-state index in [1.54, 1.807) is 6.92 Å². The van der Waals surface area contributed by atoms with Crippen molar-refractivity contribution in [1.82, 2.24) is 5.32 Å². The van der Waals surface area contributed by atoms with E-state index >= 15 is 0 Å². The van der Waals surface area contributed by atoms with Crippen molar-refractivity contribution in [3.05, 3.63) is 12.2 Å². The van der Waals surface area contributed by atoms with Gasteiger partial charge in [-0.05, 0) is 0 Å². The zero-order valence-electron chi connectivity index (χ0n) is 6.39. The number of carboxylic acids is 1. The molecule has 0 aromatic rings. The third-order valence-corrected chi connectivity index (χ3v) is 1.12. The van der Waals surface area contributed by atoms with E-state index in [-0.39, 0.29) is 18.0 Å². The van der Waals surface area contributed by atoms with E-state index in [2.05, 4.69) is 11.9 Å². The van der Waals surface area contributed by atoms with E-state index in [4.69, 9.17) is 5.11 Å². The van der Waals surface area contributed by atoms with Gasteiger partial charge in [-0.25, -0.2) is 4.79 Å². The molecule has 4 nitrogen and oxygen atoms in total. The van der Waals surface area contributed by atoms with Crippen molar-refractivity contribution in [2.75, 3.05) is 6.54 Å². The molecule has 0 aliphatic carbocycles. The van der Waals surface area contributed by atoms with Gasteiger partial charge in [-0.15, -0.1) is 0 Å². The molecule has 0 fully saturated rings. The van der Waals surface area contributed by atoms with Crippen molar-refractivity contribution in [2.24, 2.45) is 0 Å². The van der Waals surface area contributed by atoms with E-state index in [1.807, 2.05) is 0 Å². The first-order valence-electron chi connectivity index (χ1n) is 3.25. The summed E-state index contributed by atoms with van der Waals surface area (Å²) in [5.74, 6) is -1.26. The summed E-state index contributed by atoms with van der Waals surface area (Å²) in [5, 5.41) is 10.7. The van der Waals surface area contributed by atoms with Crippen molar-refractivity contribution in [2.45, 2.75) is 13.3 Å². The molecule has 0 aliphatic heterocycles. The lowest BCUT2D eigenvalue weighted by molar-refractivity contribution is -0.132. The highest BCUT2D eigenvalue weighted by molar-refractivity contribution is 5.87. The largest absolute Gasteiger partial charge is 0.478 e. The summed E-state index contributed by atoms with van der Waals surface area (Å²) in [7, 11) is 0. The van der Waals surface area contributed by atoms with E-state index in [9.17, 15) is 9.59 Å². The molecule has 0 radical (unpaired) electrons. The third kappa shape index (κ3) is 4.13. The predicted octanol–water partition coefficient (Wildman–Crippen LogP) is 0.153. The molecular formula is C7H11NO3. The van der Waals surface area contributed by atoms with Crippen LogP contribution in [0.4, 0.5) is 0 Å². The average Bonchev–Trinajstić information content (AvgIpc) is 1.99. The standard InChI is InChI=1S/C7H11NO3/c1-3-6(9)8-4-5(2)7(10)11/h2-4H2,1H3,(H,8,9)(H,10,11). The summed E-state index contributed by atoms with van der Waals surface area (Å²) in [6.07, 6.45) is 0.354. The summed E-state index contributed by atoms with van der Waals surface area (Å²) in [6, 6.07) is 0. The monoisotopic (exact) mass is 157 g/mol. The molecule has 1 amide bonds. The molecule has 0 heterocycles. The maximum absolute atomic E-state index is 10.6. The van der Waals surface area contributed by atoms with Gasteiger partial charge in [-0.1, -0.05) is 13.5 Å². The Morgan fingerprint density at radius 3 is 2.45 bits per heavy atom. The highest BCUT2D eigenvalue weighted by Gasteiger charge is 2.04. The second-order valence-electron chi connectivity index (χ2n) is 2.04. The van der Waals surface area contributed by atoms with Crippen LogP contribution in [0, 0.1) is 0 Å². The zero-order valence-corrected chi connectivity index (χ0v) is 6.39. The van der Waals surface area contributed by atoms with Crippen LogP contribution in [0.5, 0.6) is 0 Å². The average molecular weight is 157 g/mol. The Morgan fingerprint density at radius 1 is 1.55 bits per heavy atom. The molecule has 0 aliphatic rings. The third-order valence-electron chi connectivity index (χ3n) is 1.12. The Bertz CT molecular complexity index is 186. The van der Waals surface area contributed by atoms with Crippen molar-refractivity contribution in [3.63, 3.8) is 0 Å². The molecule has 2 N–H and O–H groups in total. The second kappa shape index (κ2) is 4.49. The minimum Gasteiger partial charge on any atom is -0.478 e. The SMILES string of the molecule is C=C(CNC(=O)CC)C(=O)O. The van der Waals surface area contributed by atoms with E-state index in [1.165, 1.54) is 0 Å². The first-order valence-corrected chi connectivity index (χ1v) is 3.25. The summed E-state index contributed by atoms with van der Waals surface area (Å²) >= 11 is 0. The Hall–Kier alpha value is -1.32. The molecule has 0 unspecified atom stereocenters. The lowest BCUT2D eigenvalue weighted by Crippen LogP contribution is -2.26. The number of carboxylic acid groups (broad SMARTS) is 1. The van der Waals surface area contributed by atoms with Crippen LogP contribution in [0.3, 0.4) is 0 Å². The van der Waals surface area contributed by atoms with Gasteiger partial charge in [0.1, 0.15) is 0 Å². The number of rotatable bonds is 4. The highest BCUT2D eigenvalue weighted by atomic mass is 16.4. The summed E-state index contributed by atoms with van der Waals surface area (Å²) in [5.41, 5.74) is -0.00759. The van der Waals surface area contributed by atoms with Crippen LogP contribution in [-0.4, -0.2) is 23.5 Å². The smallest absolute Gasteiger partial charge is 0.332 e. The van der Waals surface area contributed by atoms with Crippen LogP contribution < -0.4 is 5.32 Å². The molecule has 0 bridgehead atoms. The van der Waals surface area contributed by atoms with Gasteiger partial charge in [-0.2, -0.15) is 0 Å². The Morgan fingerprint density at radius 2 is 2.09 bits per heavy atom. The van der Waals surface area contributed by atoms with Crippen molar-refractivity contribution in [1.29, 1.82) is 0 Å². The number of amides is 1. The fourth-order valence-electron chi connectivity index (χ4n) is 0.406. The van der Waals surface area contributed by atoms with Crippen LogP contribution in [0.1, 0.15) is 13.3 Å². The van der Waals surface area contributed by atoms with E-state index in [0.29, 0.717) is 6.42 Å². The first-order chi connectivity index (χ1) is 5.07. The number of aliphatic carboxylic acids is 1. The zero-order chi connectivity index (χ0) is 8.85. The molecule has 0 aromatic carbocycles. The summed E-state index contributed by atoms with van der Waals surface area (Å²) < 4.78 is 0. The molecular weight excluding hydrogens is 146 g/mol.